The van der Waals surface area contributed by atoms with Crippen molar-refractivity contribution >= 4 is 5.69 Å². The van der Waals surface area contributed by atoms with E-state index in [1.807, 2.05) is 0 Å². The van der Waals surface area contributed by atoms with Crippen LogP contribution in [0.2, 0.25) is 0 Å². The van der Waals surface area contributed by atoms with E-state index in [9.17, 15) is 0 Å². The van der Waals surface area contributed by atoms with Gasteiger partial charge in [-0.05, 0) is 18.6 Å². The molecule has 1 heteroatoms. The molecule has 0 radical (unpaired) electrons. The van der Waals surface area contributed by atoms with Crippen molar-refractivity contribution in [2.24, 2.45) is 0 Å². The van der Waals surface area contributed by atoms with Crippen molar-refractivity contribution in [2.45, 2.75) is 18.9 Å². The zero-order valence-corrected chi connectivity index (χ0v) is 8.93. The van der Waals surface area contributed by atoms with Gasteiger partial charge in [-0.25, -0.2) is 0 Å². The van der Waals surface area contributed by atoms with Crippen LogP contribution < -0.4 is 4.90 Å². The van der Waals surface area contributed by atoms with Gasteiger partial charge in [0, 0.05) is 18.2 Å². The molecule has 2 unspecified atom stereocenters. The number of rotatable bonds is 1. The minimum Gasteiger partial charge on any atom is -0.364 e. The molecule has 0 saturated heterocycles. The maximum Gasteiger partial charge on any atom is 0.0580 e. The van der Waals surface area contributed by atoms with Gasteiger partial charge in [-0.1, -0.05) is 42.5 Å². The molecule has 1 heterocycles. The minimum atomic E-state index is 0.539. The van der Waals surface area contributed by atoms with Crippen LogP contribution in [-0.4, -0.2) is 12.6 Å². The van der Waals surface area contributed by atoms with Crippen molar-refractivity contribution in [3.63, 3.8) is 0 Å². The molecule has 1 aliphatic heterocycles. The third-order valence-corrected chi connectivity index (χ3v) is 3.41. The summed E-state index contributed by atoms with van der Waals surface area (Å²) in [5.41, 5.74) is 2.89. The summed E-state index contributed by atoms with van der Waals surface area (Å²) in [5, 5.41) is 0. The first-order chi connectivity index (χ1) is 7.42. The molecule has 0 fully saturated rings. The van der Waals surface area contributed by atoms with Crippen LogP contribution in [0.4, 0.5) is 5.69 Å². The molecule has 1 nitrogen and oxygen atoms in total. The Morgan fingerprint density at radius 3 is 2.80 bits per heavy atom. The summed E-state index contributed by atoms with van der Waals surface area (Å²) in [7, 11) is 0. The number of para-hydroxylation sites is 1. The van der Waals surface area contributed by atoms with Crippen molar-refractivity contribution in [2.75, 3.05) is 11.4 Å². The Morgan fingerprint density at radius 1 is 1.13 bits per heavy atom. The number of allylic oxidation sites excluding steroid dienone is 2. The van der Waals surface area contributed by atoms with E-state index in [1.54, 1.807) is 0 Å². The van der Waals surface area contributed by atoms with Crippen LogP contribution in [0.25, 0.3) is 0 Å². The largest absolute Gasteiger partial charge is 0.364 e. The molecule has 0 bridgehead atoms. The molecule has 2 aliphatic rings. The maximum absolute atomic E-state index is 2.49. The zero-order valence-electron chi connectivity index (χ0n) is 8.93. The van der Waals surface area contributed by atoms with Crippen molar-refractivity contribution in [3.8, 4) is 0 Å². The van der Waals surface area contributed by atoms with E-state index in [-0.39, 0.29) is 0 Å². The van der Waals surface area contributed by atoms with E-state index in [0.717, 1.165) is 6.54 Å². The molecule has 3 rings (SSSR count). The summed E-state index contributed by atoms with van der Waals surface area (Å²) < 4.78 is 0. The molecule has 1 aromatic carbocycles. The van der Waals surface area contributed by atoms with E-state index in [1.165, 1.54) is 11.3 Å². The highest BCUT2D eigenvalue weighted by molar-refractivity contribution is 5.65. The van der Waals surface area contributed by atoms with Gasteiger partial charge in [0.1, 0.15) is 0 Å². The summed E-state index contributed by atoms with van der Waals surface area (Å²) in [6, 6.07) is 9.30. The zero-order chi connectivity index (χ0) is 10.3. The first-order valence-electron chi connectivity index (χ1n) is 5.62. The molecule has 0 amide bonds. The normalized spacial score (nSPS) is 26.6. The summed E-state index contributed by atoms with van der Waals surface area (Å²) in [4.78, 5) is 2.49. The molecule has 0 saturated carbocycles. The number of likely N-dealkylation sites (N-methyl/N-ethyl adjacent to an activating group) is 1. The number of fused-ring (bicyclic) bond motifs is 3. The van der Waals surface area contributed by atoms with Crippen LogP contribution in [0.3, 0.4) is 0 Å². The Balaban J connectivity index is 2.14. The van der Waals surface area contributed by atoms with E-state index in [4.69, 9.17) is 0 Å². The van der Waals surface area contributed by atoms with Crippen LogP contribution in [0.1, 0.15) is 18.4 Å². The lowest BCUT2D eigenvalue weighted by Crippen LogP contribution is -2.32. The first kappa shape index (κ1) is 8.78. The average Bonchev–Trinajstić information content (AvgIpc) is 2.63. The lowest BCUT2D eigenvalue weighted by atomic mass is 9.92. The summed E-state index contributed by atoms with van der Waals surface area (Å²) in [6.07, 6.45) is 8.96. The van der Waals surface area contributed by atoms with Crippen molar-refractivity contribution in [3.05, 3.63) is 54.1 Å². The highest BCUT2D eigenvalue weighted by Crippen LogP contribution is 2.43. The summed E-state index contributed by atoms with van der Waals surface area (Å²) >= 11 is 0. The Kier molecular flexibility index (Phi) is 1.91. The Labute approximate surface area is 90.7 Å². The molecule has 15 heavy (non-hydrogen) atoms. The quantitative estimate of drug-likeness (QED) is 0.668. The molecule has 0 spiro atoms. The third-order valence-electron chi connectivity index (χ3n) is 3.41. The van der Waals surface area contributed by atoms with E-state index < -0.39 is 0 Å². The summed E-state index contributed by atoms with van der Waals surface area (Å²) in [5.74, 6) is 0.561. The van der Waals surface area contributed by atoms with E-state index >= 15 is 0 Å². The average molecular weight is 197 g/mol. The molecule has 1 aliphatic carbocycles. The third kappa shape index (κ3) is 1.16. The molecule has 0 N–H and O–H groups in total. The van der Waals surface area contributed by atoms with Crippen LogP contribution in [0.15, 0.2) is 48.6 Å². The molecular weight excluding hydrogens is 182 g/mol. The minimum absolute atomic E-state index is 0.539. The molecule has 2 atom stereocenters. The number of nitrogens with zero attached hydrogens (tertiary/aromatic N) is 1. The molecule has 0 aromatic heterocycles. The van der Waals surface area contributed by atoms with Gasteiger partial charge in [0.05, 0.1) is 6.04 Å². The van der Waals surface area contributed by atoms with Gasteiger partial charge in [0.15, 0.2) is 0 Å². The van der Waals surface area contributed by atoms with Crippen LogP contribution in [0.5, 0.6) is 0 Å². The smallest absolute Gasteiger partial charge is 0.0580 e. The lowest BCUT2D eigenvalue weighted by molar-refractivity contribution is 0.688. The van der Waals surface area contributed by atoms with Gasteiger partial charge in [-0.2, -0.15) is 0 Å². The van der Waals surface area contributed by atoms with E-state index in [2.05, 4.69) is 60.4 Å². The second-order valence-electron chi connectivity index (χ2n) is 4.13. The predicted molar refractivity (Wildman–Crippen MR) is 64.3 cm³/mol. The lowest BCUT2D eigenvalue weighted by Gasteiger charge is -2.26. The van der Waals surface area contributed by atoms with Gasteiger partial charge >= 0.3 is 0 Å². The van der Waals surface area contributed by atoms with Crippen molar-refractivity contribution in [1.82, 2.24) is 0 Å². The molecule has 1 aromatic rings. The second kappa shape index (κ2) is 3.27. The second-order valence-corrected chi connectivity index (χ2v) is 4.13. The number of anilines is 1. The molecule has 76 valence electrons. The van der Waals surface area contributed by atoms with E-state index in [0.29, 0.717) is 12.0 Å². The highest BCUT2D eigenvalue weighted by Gasteiger charge is 2.34. The Bertz CT molecular complexity index is 431. The van der Waals surface area contributed by atoms with Gasteiger partial charge in [-0.15, -0.1) is 0 Å². The van der Waals surface area contributed by atoms with Crippen LogP contribution in [0, 0.1) is 0 Å². The van der Waals surface area contributed by atoms with Crippen LogP contribution in [-0.2, 0) is 0 Å². The van der Waals surface area contributed by atoms with Gasteiger partial charge in [-0.3, -0.25) is 0 Å². The Hall–Kier alpha value is -1.50. The maximum atomic E-state index is 2.49. The summed E-state index contributed by atoms with van der Waals surface area (Å²) in [6.45, 7) is 3.31. The fourth-order valence-corrected chi connectivity index (χ4v) is 2.75. The molecular formula is C14H15N. The monoisotopic (exact) mass is 197 g/mol. The Morgan fingerprint density at radius 2 is 1.93 bits per heavy atom. The topological polar surface area (TPSA) is 3.24 Å². The number of benzene rings is 1. The van der Waals surface area contributed by atoms with Gasteiger partial charge in [0.25, 0.3) is 0 Å². The predicted octanol–water partition coefficient (Wildman–Crippen LogP) is 3.10. The fraction of sp³-hybridized carbons (Fsp3) is 0.286. The van der Waals surface area contributed by atoms with Gasteiger partial charge < -0.3 is 4.90 Å². The van der Waals surface area contributed by atoms with Gasteiger partial charge in [0.2, 0.25) is 0 Å². The van der Waals surface area contributed by atoms with Crippen LogP contribution >= 0.6 is 0 Å². The highest BCUT2D eigenvalue weighted by atomic mass is 15.2. The van der Waals surface area contributed by atoms with Crippen molar-refractivity contribution < 1.29 is 0 Å². The number of hydrogen-bond acceptors (Lipinski definition) is 1. The van der Waals surface area contributed by atoms with Crippen molar-refractivity contribution in [1.29, 1.82) is 0 Å². The standard InChI is InChI=1S/C14H15N/c1-2-15-13-9-5-3-7-11(13)12-8-4-6-10-14(12)15/h3-11,13H,2H2,1H3. The number of hydrogen-bond donors (Lipinski definition) is 0. The first-order valence-corrected chi connectivity index (χ1v) is 5.62. The SMILES string of the molecule is CCN1c2ccccc2C2C=CC=CC21. The fourth-order valence-electron chi connectivity index (χ4n) is 2.75.